The molecular formula is C20H24F3N5O2. The van der Waals surface area contributed by atoms with Crippen molar-refractivity contribution in [3.63, 3.8) is 0 Å². The molecule has 2 rings (SSSR count). The van der Waals surface area contributed by atoms with Crippen LogP contribution in [0.1, 0.15) is 15.9 Å². The topological polar surface area (TPSA) is 92.0 Å². The number of nitrogens with zero attached hydrogens (tertiary/aromatic N) is 2. The van der Waals surface area contributed by atoms with Crippen molar-refractivity contribution in [1.82, 2.24) is 10.2 Å². The first-order valence-electron chi connectivity index (χ1n) is 9.07. The van der Waals surface area contributed by atoms with Gasteiger partial charge in [0.15, 0.2) is 11.7 Å². The number of carbonyl (C=O) groups excluding carboxylic acids is 1. The number of nitrogens with two attached hydrogens (primary N) is 1. The van der Waals surface area contributed by atoms with Gasteiger partial charge in [-0.2, -0.15) is 0 Å². The van der Waals surface area contributed by atoms with E-state index in [2.05, 4.69) is 20.4 Å². The number of halogens is 3. The van der Waals surface area contributed by atoms with Gasteiger partial charge >= 0.3 is 6.36 Å². The SMILES string of the molecule is CN(C)CCNC(=O)c1cccc(CN=C(N)Nc2ccccc2OC(F)(F)F)c1. The predicted molar refractivity (Wildman–Crippen MR) is 109 cm³/mol. The third-order valence-electron chi connectivity index (χ3n) is 3.84. The van der Waals surface area contributed by atoms with Crippen LogP contribution < -0.4 is 21.1 Å². The zero-order chi connectivity index (χ0) is 22.1. The van der Waals surface area contributed by atoms with Crippen LogP contribution >= 0.6 is 0 Å². The Labute approximate surface area is 172 Å². The summed E-state index contributed by atoms with van der Waals surface area (Å²) in [6.07, 6.45) is -4.82. The molecule has 2 aromatic rings. The number of rotatable bonds is 8. The standard InChI is InChI=1S/C20H24F3N5O2/c1-28(2)11-10-25-18(29)15-7-5-6-14(12-15)13-26-19(24)27-16-8-3-4-9-17(16)30-20(21,22)23/h3-9,12H,10-11,13H2,1-2H3,(H,25,29)(H3,24,26,27). The second-order valence-electron chi connectivity index (χ2n) is 6.63. The van der Waals surface area contributed by atoms with Gasteiger partial charge in [-0.05, 0) is 43.9 Å². The monoisotopic (exact) mass is 423 g/mol. The third kappa shape index (κ3) is 8.00. The molecule has 0 spiro atoms. The molecule has 0 radical (unpaired) electrons. The second-order valence-corrected chi connectivity index (χ2v) is 6.63. The van der Waals surface area contributed by atoms with Gasteiger partial charge in [0, 0.05) is 18.7 Å². The molecule has 0 saturated heterocycles. The highest BCUT2D eigenvalue weighted by Crippen LogP contribution is 2.29. The fourth-order valence-corrected chi connectivity index (χ4v) is 2.44. The molecule has 0 atom stereocenters. The Morgan fingerprint density at radius 3 is 2.60 bits per heavy atom. The van der Waals surface area contributed by atoms with Crippen molar-refractivity contribution >= 4 is 17.6 Å². The largest absolute Gasteiger partial charge is 0.573 e. The lowest BCUT2D eigenvalue weighted by molar-refractivity contribution is -0.274. The average Bonchev–Trinajstić information content (AvgIpc) is 2.67. The molecule has 0 saturated carbocycles. The van der Waals surface area contributed by atoms with E-state index >= 15 is 0 Å². The van der Waals surface area contributed by atoms with Gasteiger partial charge in [0.25, 0.3) is 5.91 Å². The molecule has 4 N–H and O–H groups in total. The number of hydrogen-bond donors (Lipinski definition) is 3. The van der Waals surface area contributed by atoms with E-state index in [1.807, 2.05) is 19.0 Å². The van der Waals surface area contributed by atoms with Gasteiger partial charge in [-0.15, -0.1) is 13.2 Å². The first-order chi connectivity index (χ1) is 14.1. The molecule has 1 amide bonds. The van der Waals surface area contributed by atoms with Gasteiger partial charge in [-0.25, -0.2) is 4.99 Å². The number of anilines is 1. The van der Waals surface area contributed by atoms with Crippen LogP contribution in [0.4, 0.5) is 18.9 Å². The van der Waals surface area contributed by atoms with E-state index < -0.39 is 12.1 Å². The van der Waals surface area contributed by atoms with Crippen molar-refractivity contribution in [1.29, 1.82) is 0 Å². The summed E-state index contributed by atoms with van der Waals surface area (Å²) in [6, 6.07) is 12.4. The van der Waals surface area contributed by atoms with Gasteiger partial charge in [0.2, 0.25) is 0 Å². The molecule has 0 fully saturated rings. The lowest BCUT2D eigenvalue weighted by atomic mass is 10.1. The quantitative estimate of drug-likeness (QED) is 0.449. The van der Waals surface area contributed by atoms with Crippen molar-refractivity contribution in [3.8, 4) is 5.75 Å². The van der Waals surface area contributed by atoms with E-state index in [4.69, 9.17) is 5.73 Å². The molecular weight excluding hydrogens is 399 g/mol. The highest BCUT2D eigenvalue weighted by atomic mass is 19.4. The number of carbonyl (C=O) groups is 1. The van der Waals surface area contributed by atoms with Crippen LogP contribution in [-0.2, 0) is 6.54 Å². The Morgan fingerprint density at radius 1 is 1.17 bits per heavy atom. The number of alkyl halides is 3. The molecule has 0 heterocycles. The van der Waals surface area contributed by atoms with Gasteiger partial charge in [-0.1, -0.05) is 24.3 Å². The number of hydrogen-bond acceptors (Lipinski definition) is 4. The Hall–Kier alpha value is -3.27. The van der Waals surface area contributed by atoms with Crippen molar-refractivity contribution < 1.29 is 22.7 Å². The highest BCUT2D eigenvalue weighted by molar-refractivity contribution is 5.95. The summed E-state index contributed by atoms with van der Waals surface area (Å²) >= 11 is 0. The van der Waals surface area contributed by atoms with E-state index in [0.717, 1.165) is 12.1 Å². The summed E-state index contributed by atoms with van der Waals surface area (Å²) in [5, 5.41) is 5.42. The molecule has 162 valence electrons. The second kappa shape index (κ2) is 10.5. The number of nitrogens with one attached hydrogen (secondary N) is 2. The molecule has 0 aromatic heterocycles. The van der Waals surface area contributed by atoms with Crippen molar-refractivity contribution in [2.24, 2.45) is 10.7 Å². The van der Waals surface area contributed by atoms with E-state index in [1.165, 1.54) is 24.3 Å². The maximum absolute atomic E-state index is 12.5. The Morgan fingerprint density at radius 2 is 1.90 bits per heavy atom. The number of guanidine groups is 1. The first-order valence-corrected chi connectivity index (χ1v) is 9.07. The van der Waals surface area contributed by atoms with Crippen LogP contribution in [-0.4, -0.2) is 50.3 Å². The maximum atomic E-state index is 12.5. The molecule has 0 aliphatic rings. The first kappa shape index (κ1) is 23.0. The Kier molecular flexibility index (Phi) is 8.05. The summed E-state index contributed by atoms with van der Waals surface area (Å²) in [5.74, 6) is -0.708. The lowest BCUT2D eigenvalue weighted by Gasteiger charge is -2.14. The van der Waals surface area contributed by atoms with Crippen LogP contribution in [0, 0.1) is 0 Å². The number of aliphatic imine (C=N–C) groups is 1. The molecule has 0 bridgehead atoms. The molecule has 0 aliphatic carbocycles. The summed E-state index contributed by atoms with van der Waals surface area (Å²) in [4.78, 5) is 18.3. The van der Waals surface area contributed by atoms with E-state index in [1.54, 1.807) is 24.3 Å². The van der Waals surface area contributed by atoms with E-state index in [9.17, 15) is 18.0 Å². The van der Waals surface area contributed by atoms with Crippen LogP contribution in [0.5, 0.6) is 5.75 Å². The van der Waals surface area contributed by atoms with Crippen molar-refractivity contribution in [2.75, 3.05) is 32.5 Å². The molecule has 30 heavy (non-hydrogen) atoms. The Bertz CT molecular complexity index is 885. The summed E-state index contributed by atoms with van der Waals surface area (Å²) in [5.41, 5.74) is 7.03. The van der Waals surface area contributed by atoms with Gasteiger partial charge < -0.3 is 26.0 Å². The number of likely N-dealkylation sites (N-methyl/N-ethyl adjacent to an activating group) is 1. The highest BCUT2D eigenvalue weighted by Gasteiger charge is 2.32. The van der Waals surface area contributed by atoms with Crippen LogP contribution in [0.2, 0.25) is 0 Å². The number of amides is 1. The third-order valence-corrected chi connectivity index (χ3v) is 3.84. The lowest BCUT2D eigenvalue weighted by Crippen LogP contribution is -2.31. The minimum atomic E-state index is -4.82. The zero-order valence-electron chi connectivity index (χ0n) is 16.7. The fraction of sp³-hybridized carbons (Fsp3) is 0.300. The van der Waals surface area contributed by atoms with Gasteiger partial charge in [0.1, 0.15) is 0 Å². The van der Waals surface area contributed by atoms with Crippen LogP contribution in [0.15, 0.2) is 53.5 Å². The Balaban J connectivity index is 2.00. The van der Waals surface area contributed by atoms with E-state index in [0.29, 0.717) is 12.1 Å². The smallest absolute Gasteiger partial charge is 0.404 e. The minimum absolute atomic E-state index is 0.0325. The molecule has 2 aromatic carbocycles. The maximum Gasteiger partial charge on any atom is 0.573 e. The number of benzene rings is 2. The predicted octanol–water partition coefficient (Wildman–Crippen LogP) is 2.80. The number of ether oxygens (including phenoxy) is 1. The van der Waals surface area contributed by atoms with Gasteiger partial charge in [0.05, 0.1) is 12.2 Å². The van der Waals surface area contributed by atoms with Crippen molar-refractivity contribution in [2.45, 2.75) is 12.9 Å². The molecule has 7 nitrogen and oxygen atoms in total. The molecule has 10 heteroatoms. The average molecular weight is 423 g/mol. The zero-order valence-corrected chi connectivity index (χ0v) is 16.7. The fourth-order valence-electron chi connectivity index (χ4n) is 2.44. The van der Waals surface area contributed by atoms with E-state index in [-0.39, 0.29) is 24.1 Å². The summed E-state index contributed by atoms with van der Waals surface area (Å²) in [7, 11) is 3.83. The van der Waals surface area contributed by atoms with Crippen molar-refractivity contribution in [3.05, 3.63) is 59.7 Å². The summed E-state index contributed by atoms with van der Waals surface area (Å²) < 4.78 is 41.5. The van der Waals surface area contributed by atoms with Crippen LogP contribution in [0.25, 0.3) is 0 Å². The number of para-hydroxylation sites is 2. The van der Waals surface area contributed by atoms with Gasteiger partial charge in [-0.3, -0.25) is 4.79 Å². The minimum Gasteiger partial charge on any atom is -0.404 e. The summed E-state index contributed by atoms with van der Waals surface area (Å²) in [6.45, 7) is 1.38. The molecule has 0 unspecified atom stereocenters. The normalized spacial score (nSPS) is 12.0. The molecule has 0 aliphatic heterocycles. The van der Waals surface area contributed by atoms with Crippen LogP contribution in [0.3, 0.4) is 0 Å².